The number of pyridine rings is 1. The molecule has 15 heavy (non-hydrogen) atoms. The van der Waals surface area contributed by atoms with Gasteiger partial charge < -0.3 is 10.6 Å². The molecule has 2 N–H and O–H groups in total. The Morgan fingerprint density at radius 2 is 2.20 bits per heavy atom. The third-order valence-corrected chi connectivity index (χ3v) is 1.72. The molecule has 0 atom stereocenters. The highest BCUT2D eigenvalue weighted by atomic mass is 16.1. The monoisotopic (exact) mass is 207 g/mol. The second-order valence-electron chi connectivity index (χ2n) is 4.39. The Labute approximate surface area is 90.1 Å². The summed E-state index contributed by atoms with van der Waals surface area (Å²) >= 11 is 0. The van der Waals surface area contributed by atoms with E-state index >= 15 is 0 Å². The number of amides is 1. The molecule has 0 aromatic carbocycles. The second kappa shape index (κ2) is 4.89. The molecule has 0 aliphatic rings. The van der Waals surface area contributed by atoms with Gasteiger partial charge in [-0.3, -0.25) is 9.78 Å². The molecule has 1 rings (SSSR count). The quantitative estimate of drug-likeness (QED) is 0.788. The lowest BCUT2D eigenvalue weighted by atomic mass is 10.1. The van der Waals surface area contributed by atoms with Crippen LogP contribution in [0, 0.1) is 0 Å². The summed E-state index contributed by atoms with van der Waals surface area (Å²) < 4.78 is 0. The van der Waals surface area contributed by atoms with E-state index < -0.39 is 0 Å². The van der Waals surface area contributed by atoms with E-state index in [0.29, 0.717) is 6.54 Å². The first kappa shape index (κ1) is 11.7. The molecular formula is C11H17N3O. The summed E-state index contributed by atoms with van der Waals surface area (Å²) in [5.41, 5.74) is 0.671. The molecule has 82 valence electrons. The van der Waals surface area contributed by atoms with Crippen molar-refractivity contribution in [3.63, 3.8) is 0 Å². The van der Waals surface area contributed by atoms with E-state index in [1.54, 1.807) is 18.5 Å². The lowest BCUT2D eigenvalue weighted by Gasteiger charge is -2.19. The van der Waals surface area contributed by atoms with Crippen molar-refractivity contribution in [3.05, 3.63) is 24.5 Å². The van der Waals surface area contributed by atoms with Crippen LogP contribution >= 0.6 is 0 Å². The van der Waals surface area contributed by atoms with Gasteiger partial charge in [0, 0.05) is 11.7 Å². The average molecular weight is 207 g/mol. The van der Waals surface area contributed by atoms with Crippen molar-refractivity contribution in [3.8, 4) is 0 Å². The lowest BCUT2D eigenvalue weighted by molar-refractivity contribution is -0.115. The van der Waals surface area contributed by atoms with E-state index in [1.165, 1.54) is 0 Å². The van der Waals surface area contributed by atoms with E-state index in [4.69, 9.17) is 0 Å². The van der Waals surface area contributed by atoms with Gasteiger partial charge in [-0.1, -0.05) is 0 Å². The number of rotatable bonds is 3. The number of nitrogens with one attached hydrogen (secondary N) is 2. The van der Waals surface area contributed by atoms with Gasteiger partial charge in [0.25, 0.3) is 0 Å². The zero-order valence-corrected chi connectivity index (χ0v) is 9.37. The largest absolute Gasteiger partial charge is 0.324 e. The minimum atomic E-state index is -0.0575. The fourth-order valence-electron chi connectivity index (χ4n) is 0.987. The van der Waals surface area contributed by atoms with Gasteiger partial charge in [0.1, 0.15) is 0 Å². The van der Waals surface area contributed by atoms with Crippen molar-refractivity contribution in [1.29, 1.82) is 0 Å². The van der Waals surface area contributed by atoms with Crippen LogP contribution in [0.25, 0.3) is 0 Å². The van der Waals surface area contributed by atoms with Crippen molar-refractivity contribution < 1.29 is 4.79 Å². The molecule has 0 spiro atoms. The van der Waals surface area contributed by atoms with Crippen molar-refractivity contribution in [2.24, 2.45) is 0 Å². The maximum atomic E-state index is 11.5. The molecule has 0 bridgehead atoms. The highest BCUT2D eigenvalue weighted by Crippen LogP contribution is 2.02. The molecule has 0 unspecified atom stereocenters. The third kappa shape index (κ3) is 5.12. The Morgan fingerprint density at radius 3 is 2.73 bits per heavy atom. The van der Waals surface area contributed by atoms with Gasteiger partial charge in [-0.05, 0) is 32.9 Å². The van der Waals surface area contributed by atoms with Crippen LogP contribution in [-0.2, 0) is 4.79 Å². The Morgan fingerprint density at radius 1 is 1.47 bits per heavy atom. The number of anilines is 1. The Hall–Kier alpha value is -1.42. The van der Waals surface area contributed by atoms with Crippen LogP contribution in [0.1, 0.15) is 20.8 Å². The molecule has 1 aromatic rings. The number of aromatic nitrogens is 1. The molecule has 0 aliphatic carbocycles. The minimum absolute atomic E-state index is 0.0493. The smallest absolute Gasteiger partial charge is 0.238 e. The number of carbonyl (C=O) groups is 1. The summed E-state index contributed by atoms with van der Waals surface area (Å²) in [5, 5.41) is 5.86. The number of hydrogen-bond donors (Lipinski definition) is 2. The predicted octanol–water partition coefficient (Wildman–Crippen LogP) is 1.41. The first-order valence-electron chi connectivity index (χ1n) is 4.92. The number of nitrogens with zero attached hydrogens (tertiary/aromatic N) is 1. The summed E-state index contributed by atoms with van der Waals surface area (Å²) in [6, 6.07) is 3.59. The van der Waals surface area contributed by atoms with Crippen molar-refractivity contribution >= 4 is 11.6 Å². The second-order valence-corrected chi connectivity index (χ2v) is 4.39. The summed E-state index contributed by atoms with van der Waals surface area (Å²) in [5.74, 6) is -0.0575. The van der Waals surface area contributed by atoms with E-state index in [9.17, 15) is 4.79 Å². The molecule has 1 heterocycles. The van der Waals surface area contributed by atoms with Crippen molar-refractivity contribution in [2.45, 2.75) is 26.3 Å². The summed E-state index contributed by atoms with van der Waals surface area (Å²) in [6.07, 6.45) is 3.29. The van der Waals surface area contributed by atoms with Gasteiger partial charge >= 0.3 is 0 Å². The first-order chi connectivity index (χ1) is 6.97. The van der Waals surface area contributed by atoms with Crippen LogP contribution in [-0.4, -0.2) is 23.0 Å². The van der Waals surface area contributed by atoms with E-state index in [1.807, 2.05) is 26.8 Å². The van der Waals surface area contributed by atoms with Crippen LogP contribution < -0.4 is 10.6 Å². The van der Waals surface area contributed by atoms with E-state index in [2.05, 4.69) is 15.6 Å². The normalized spacial score (nSPS) is 11.1. The molecule has 4 nitrogen and oxygen atoms in total. The van der Waals surface area contributed by atoms with Gasteiger partial charge in [-0.15, -0.1) is 0 Å². The first-order valence-corrected chi connectivity index (χ1v) is 4.92. The SMILES string of the molecule is CC(C)(C)NCC(=O)Nc1cccnc1. The molecule has 0 radical (unpaired) electrons. The maximum absolute atomic E-state index is 11.5. The Kier molecular flexibility index (Phi) is 3.80. The standard InChI is InChI=1S/C11H17N3O/c1-11(2,3)13-8-10(15)14-9-5-4-6-12-7-9/h4-7,13H,8H2,1-3H3,(H,14,15). The molecular weight excluding hydrogens is 190 g/mol. The molecule has 1 amide bonds. The highest BCUT2D eigenvalue weighted by molar-refractivity contribution is 5.92. The Bertz CT molecular complexity index is 316. The molecule has 1 aromatic heterocycles. The summed E-state index contributed by atoms with van der Waals surface area (Å²) in [7, 11) is 0. The van der Waals surface area contributed by atoms with Crippen molar-refractivity contribution in [2.75, 3.05) is 11.9 Å². The van der Waals surface area contributed by atoms with Gasteiger partial charge in [0.15, 0.2) is 0 Å². The number of carbonyl (C=O) groups excluding carboxylic acids is 1. The molecule has 0 saturated carbocycles. The topological polar surface area (TPSA) is 54.0 Å². The average Bonchev–Trinajstić information content (AvgIpc) is 2.15. The maximum Gasteiger partial charge on any atom is 0.238 e. The summed E-state index contributed by atoms with van der Waals surface area (Å²) in [4.78, 5) is 15.4. The zero-order valence-electron chi connectivity index (χ0n) is 9.37. The van der Waals surface area contributed by atoms with E-state index in [0.717, 1.165) is 5.69 Å². The fraction of sp³-hybridized carbons (Fsp3) is 0.455. The number of hydrogen-bond acceptors (Lipinski definition) is 3. The van der Waals surface area contributed by atoms with E-state index in [-0.39, 0.29) is 11.4 Å². The summed E-state index contributed by atoms with van der Waals surface area (Å²) in [6.45, 7) is 6.36. The van der Waals surface area contributed by atoms with Crippen LogP contribution in [0.5, 0.6) is 0 Å². The van der Waals surface area contributed by atoms with Crippen LogP contribution in [0.15, 0.2) is 24.5 Å². The van der Waals surface area contributed by atoms with Crippen LogP contribution in [0.2, 0.25) is 0 Å². The minimum Gasteiger partial charge on any atom is -0.324 e. The van der Waals surface area contributed by atoms with Gasteiger partial charge in [0.2, 0.25) is 5.91 Å². The third-order valence-electron chi connectivity index (χ3n) is 1.72. The lowest BCUT2D eigenvalue weighted by Crippen LogP contribution is -2.41. The van der Waals surface area contributed by atoms with Crippen LogP contribution in [0.3, 0.4) is 0 Å². The predicted molar refractivity (Wildman–Crippen MR) is 60.6 cm³/mol. The van der Waals surface area contributed by atoms with Gasteiger partial charge in [-0.25, -0.2) is 0 Å². The van der Waals surface area contributed by atoms with Crippen molar-refractivity contribution in [1.82, 2.24) is 10.3 Å². The van der Waals surface area contributed by atoms with Gasteiger partial charge in [0.05, 0.1) is 18.4 Å². The highest BCUT2D eigenvalue weighted by Gasteiger charge is 2.11. The molecule has 0 fully saturated rings. The Balaban J connectivity index is 2.38. The fourth-order valence-corrected chi connectivity index (χ4v) is 0.987. The van der Waals surface area contributed by atoms with Crippen LogP contribution in [0.4, 0.5) is 5.69 Å². The van der Waals surface area contributed by atoms with Gasteiger partial charge in [-0.2, -0.15) is 0 Å². The molecule has 0 saturated heterocycles. The zero-order chi connectivity index (χ0) is 11.3. The molecule has 4 heteroatoms. The molecule has 0 aliphatic heterocycles.